The Morgan fingerprint density at radius 3 is 2.12 bits per heavy atom. The second-order valence-corrected chi connectivity index (χ2v) is 5.82. The molecule has 146 valence electrons. The van der Waals surface area contributed by atoms with Crippen molar-refractivity contribution < 1.29 is 59.5 Å². The van der Waals surface area contributed by atoms with Crippen molar-refractivity contribution in [3.8, 4) is 0 Å². The highest BCUT2D eigenvalue weighted by Crippen LogP contribution is 2.26. The van der Waals surface area contributed by atoms with Gasteiger partial charge in [-0.05, 0) is 0 Å². The van der Waals surface area contributed by atoms with E-state index in [9.17, 15) is 35.4 Å². The third-order valence-corrected chi connectivity index (χ3v) is 4.17. The molecular weight excluding hydrogens is 348 g/mol. The third kappa shape index (κ3) is 4.09. The van der Waals surface area contributed by atoms with Crippen LogP contribution in [0.2, 0.25) is 0 Å². The fraction of sp³-hybridized carbons (Fsp3) is 0.923. The SMILES string of the molecule is CO[C@H]1[C@H](O)[C@@H](O)[C@H](OC[C@H]2O[C@H](O)[C@H](O)[C@@H](O)[C@H]2O)O[C@@H]1C(=O)O. The third-order valence-electron chi connectivity index (χ3n) is 4.17. The summed E-state index contributed by atoms with van der Waals surface area (Å²) in [6.07, 6.45) is -16.0. The van der Waals surface area contributed by atoms with Gasteiger partial charge in [0.15, 0.2) is 18.7 Å². The lowest BCUT2D eigenvalue weighted by molar-refractivity contribution is -0.323. The van der Waals surface area contributed by atoms with Gasteiger partial charge >= 0.3 is 5.97 Å². The number of hydrogen-bond donors (Lipinski definition) is 7. The Bertz CT molecular complexity index is 460. The van der Waals surface area contributed by atoms with Crippen LogP contribution in [0.4, 0.5) is 0 Å². The first-order chi connectivity index (χ1) is 11.7. The molecule has 2 aliphatic heterocycles. The number of carboxylic acid groups (broad SMARTS) is 1. The highest BCUT2D eigenvalue weighted by Gasteiger charge is 2.49. The van der Waals surface area contributed by atoms with Crippen LogP contribution in [-0.4, -0.2) is 117 Å². The first-order valence-corrected chi connectivity index (χ1v) is 7.45. The van der Waals surface area contributed by atoms with Gasteiger partial charge in [0.05, 0.1) is 6.61 Å². The smallest absolute Gasteiger partial charge is 0.335 e. The van der Waals surface area contributed by atoms with Crippen molar-refractivity contribution in [3.05, 3.63) is 0 Å². The predicted molar refractivity (Wildman–Crippen MR) is 74.0 cm³/mol. The van der Waals surface area contributed by atoms with Crippen molar-refractivity contribution in [2.45, 2.75) is 61.4 Å². The van der Waals surface area contributed by atoms with E-state index in [0.717, 1.165) is 7.11 Å². The van der Waals surface area contributed by atoms with Crippen LogP contribution in [0.5, 0.6) is 0 Å². The summed E-state index contributed by atoms with van der Waals surface area (Å²) in [7, 11) is 1.14. The molecule has 2 aliphatic rings. The molecule has 0 aromatic carbocycles. The second kappa shape index (κ2) is 8.18. The van der Waals surface area contributed by atoms with Crippen LogP contribution in [0.3, 0.4) is 0 Å². The van der Waals surface area contributed by atoms with Gasteiger partial charge < -0.3 is 54.7 Å². The molecule has 25 heavy (non-hydrogen) atoms. The number of ether oxygens (including phenoxy) is 4. The van der Waals surface area contributed by atoms with E-state index in [1.807, 2.05) is 0 Å². The van der Waals surface area contributed by atoms with Crippen molar-refractivity contribution in [3.63, 3.8) is 0 Å². The Morgan fingerprint density at radius 2 is 1.56 bits per heavy atom. The lowest BCUT2D eigenvalue weighted by atomic mass is 9.98. The van der Waals surface area contributed by atoms with Gasteiger partial charge in [-0.3, -0.25) is 0 Å². The predicted octanol–water partition coefficient (Wildman–Crippen LogP) is -4.65. The molecule has 2 rings (SSSR count). The van der Waals surface area contributed by atoms with E-state index in [1.165, 1.54) is 0 Å². The van der Waals surface area contributed by atoms with Crippen molar-refractivity contribution in [2.24, 2.45) is 0 Å². The maximum atomic E-state index is 11.2. The first kappa shape index (κ1) is 20.4. The van der Waals surface area contributed by atoms with E-state index >= 15 is 0 Å². The van der Waals surface area contributed by atoms with Crippen LogP contribution in [-0.2, 0) is 23.7 Å². The minimum Gasteiger partial charge on any atom is -0.479 e. The largest absolute Gasteiger partial charge is 0.479 e. The van der Waals surface area contributed by atoms with E-state index in [0.29, 0.717) is 0 Å². The summed E-state index contributed by atoms with van der Waals surface area (Å²) in [6.45, 7) is -0.541. The van der Waals surface area contributed by atoms with Gasteiger partial charge in [-0.25, -0.2) is 4.79 Å². The second-order valence-electron chi connectivity index (χ2n) is 5.82. The summed E-state index contributed by atoms with van der Waals surface area (Å²) in [5.74, 6) is -1.45. The number of methoxy groups -OCH3 is 1. The average molecular weight is 370 g/mol. The molecule has 2 fully saturated rings. The summed E-state index contributed by atoms with van der Waals surface area (Å²) in [4.78, 5) is 11.2. The van der Waals surface area contributed by atoms with Gasteiger partial charge in [-0.1, -0.05) is 0 Å². The molecule has 10 atom stereocenters. The molecule has 0 radical (unpaired) electrons. The standard InChI is InChI=1S/C13H22O12/c1-22-9-6(16)8(18)13(25-10(9)11(19)20)23-2-3-4(14)5(15)7(17)12(21)24-3/h3-10,12-18,21H,2H2,1H3,(H,19,20)/t3-,4+,5+,6-,7-,8-,9+,10+,12+,13-/m1/s1. The van der Waals surface area contributed by atoms with Crippen LogP contribution in [0.25, 0.3) is 0 Å². The number of rotatable bonds is 5. The maximum Gasteiger partial charge on any atom is 0.335 e. The number of aliphatic carboxylic acids is 1. The lowest BCUT2D eigenvalue weighted by Crippen LogP contribution is -2.62. The fourth-order valence-corrected chi connectivity index (χ4v) is 2.69. The summed E-state index contributed by atoms with van der Waals surface area (Å²) in [5.41, 5.74) is 0. The monoisotopic (exact) mass is 370 g/mol. The molecule has 0 unspecified atom stereocenters. The van der Waals surface area contributed by atoms with Crippen molar-refractivity contribution >= 4 is 5.97 Å². The number of carbonyl (C=O) groups is 1. The summed E-state index contributed by atoms with van der Waals surface area (Å²) in [5, 5.41) is 67.2. The molecule has 0 aromatic rings. The molecule has 12 heteroatoms. The van der Waals surface area contributed by atoms with Gasteiger partial charge in [0.2, 0.25) is 0 Å². The lowest BCUT2D eigenvalue weighted by Gasteiger charge is -2.42. The van der Waals surface area contributed by atoms with Crippen LogP contribution >= 0.6 is 0 Å². The Morgan fingerprint density at radius 1 is 0.920 bits per heavy atom. The summed E-state index contributed by atoms with van der Waals surface area (Å²) in [6, 6.07) is 0. The number of hydrogen-bond acceptors (Lipinski definition) is 11. The Labute approximate surface area is 141 Å². The molecule has 12 nitrogen and oxygen atoms in total. The Hall–Kier alpha value is -0.930. The van der Waals surface area contributed by atoms with Gasteiger partial charge in [0.25, 0.3) is 0 Å². The highest BCUT2D eigenvalue weighted by atomic mass is 16.7. The van der Waals surface area contributed by atoms with Crippen LogP contribution in [0, 0.1) is 0 Å². The quantitative estimate of drug-likeness (QED) is 0.245. The molecule has 0 amide bonds. The number of aliphatic hydroxyl groups is 6. The minimum absolute atomic E-state index is 0.541. The minimum atomic E-state index is -1.78. The summed E-state index contributed by atoms with van der Waals surface area (Å²) >= 11 is 0. The van der Waals surface area contributed by atoms with E-state index in [2.05, 4.69) is 0 Å². The summed E-state index contributed by atoms with van der Waals surface area (Å²) < 4.78 is 19.9. The zero-order valence-electron chi connectivity index (χ0n) is 13.2. The van der Waals surface area contributed by atoms with Gasteiger partial charge in [-0.2, -0.15) is 0 Å². The Kier molecular flexibility index (Phi) is 6.67. The van der Waals surface area contributed by atoms with Gasteiger partial charge in [-0.15, -0.1) is 0 Å². The normalized spacial score (nSPS) is 48.3. The average Bonchev–Trinajstić information content (AvgIpc) is 2.57. The van der Waals surface area contributed by atoms with Gasteiger partial charge in [0.1, 0.15) is 42.7 Å². The van der Waals surface area contributed by atoms with Gasteiger partial charge in [0, 0.05) is 7.11 Å². The molecule has 0 saturated carbocycles. The zero-order valence-corrected chi connectivity index (χ0v) is 13.2. The van der Waals surface area contributed by atoms with Crippen LogP contribution in [0.15, 0.2) is 0 Å². The molecule has 0 aliphatic carbocycles. The Balaban J connectivity index is 2.01. The first-order valence-electron chi connectivity index (χ1n) is 7.45. The van der Waals surface area contributed by atoms with Crippen molar-refractivity contribution in [2.75, 3.05) is 13.7 Å². The van der Waals surface area contributed by atoms with E-state index in [-0.39, 0.29) is 0 Å². The molecular formula is C13H22O12. The maximum absolute atomic E-state index is 11.2. The number of carboxylic acids is 1. The molecule has 0 bridgehead atoms. The highest BCUT2D eigenvalue weighted by molar-refractivity contribution is 5.73. The molecule has 2 saturated heterocycles. The molecule has 2 heterocycles. The van der Waals surface area contributed by atoms with E-state index in [4.69, 9.17) is 24.1 Å². The van der Waals surface area contributed by atoms with Crippen LogP contribution in [0.1, 0.15) is 0 Å². The van der Waals surface area contributed by atoms with Crippen molar-refractivity contribution in [1.29, 1.82) is 0 Å². The number of aliphatic hydroxyl groups excluding tert-OH is 6. The van der Waals surface area contributed by atoms with E-state index in [1.54, 1.807) is 0 Å². The topological polar surface area (TPSA) is 196 Å². The molecule has 0 aromatic heterocycles. The zero-order chi connectivity index (χ0) is 18.9. The van der Waals surface area contributed by atoms with Crippen LogP contribution < -0.4 is 0 Å². The fourth-order valence-electron chi connectivity index (χ4n) is 2.69. The van der Waals surface area contributed by atoms with E-state index < -0.39 is 74.0 Å². The van der Waals surface area contributed by atoms with Crippen molar-refractivity contribution in [1.82, 2.24) is 0 Å². The molecule has 7 N–H and O–H groups in total. The molecule has 0 spiro atoms.